The van der Waals surface area contributed by atoms with Crippen molar-refractivity contribution in [2.24, 2.45) is 0 Å². The average molecular weight is 510 g/mol. The maximum Gasteiger partial charge on any atom is 0.244 e. The van der Waals surface area contributed by atoms with Gasteiger partial charge in [-0.2, -0.15) is 0 Å². The molecule has 8 nitrogen and oxygen atoms in total. The van der Waals surface area contributed by atoms with E-state index < -0.39 is 34.1 Å². The first-order valence-corrected chi connectivity index (χ1v) is 12.9. The van der Waals surface area contributed by atoms with Crippen molar-refractivity contribution in [3.63, 3.8) is 0 Å². The number of carbonyl (C=O) groups excluding carboxylic acids is 2. The van der Waals surface area contributed by atoms with Gasteiger partial charge in [-0.1, -0.05) is 23.7 Å². The van der Waals surface area contributed by atoms with Crippen LogP contribution in [0.25, 0.3) is 0 Å². The maximum absolute atomic E-state index is 13.5. The zero-order chi connectivity index (χ0) is 25.7. The second kappa shape index (κ2) is 11.1. The van der Waals surface area contributed by atoms with Gasteiger partial charge in [0.05, 0.1) is 19.1 Å². The summed E-state index contributed by atoms with van der Waals surface area (Å²) in [5.41, 5.74) is 0.570. The molecule has 186 valence electrons. The molecule has 2 amide bonds. The van der Waals surface area contributed by atoms with E-state index in [0.29, 0.717) is 16.5 Å². The van der Waals surface area contributed by atoms with E-state index in [1.54, 1.807) is 50.4 Å². The van der Waals surface area contributed by atoms with E-state index in [2.05, 4.69) is 5.32 Å². The second-order valence-corrected chi connectivity index (χ2v) is 11.4. The van der Waals surface area contributed by atoms with Crippen LogP contribution in [0.3, 0.4) is 0 Å². The maximum atomic E-state index is 13.5. The highest BCUT2D eigenvalue weighted by Gasteiger charge is 2.31. The van der Waals surface area contributed by atoms with Crippen molar-refractivity contribution >= 4 is 39.1 Å². The number of methoxy groups -OCH3 is 1. The van der Waals surface area contributed by atoms with Crippen LogP contribution in [-0.4, -0.2) is 56.6 Å². The van der Waals surface area contributed by atoms with Crippen molar-refractivity contribution in [3.05, 3.63) is 59.1 Å². The van der Waals surface area contributed by atoms with Crippen molar-refractivity contribution in [1.29, 1.82) is 0 Å². The Bertz CT molecular complexity index is 1100. The predicted molar refractivity (Wildman–Crippen MR) is 135 cm³/mol. The number of sulfonamides is 1. The Balaban J connectivity index is 2.38. The highest BCUT2D eigenvalue weighted by atomic mass is 35.5. The Labute approximate surface area is 206 Å². The van der Waals surface area contributed by atoms with Crippen molar-refractivity contribution in [2.75, 3.05) is 24.2 Å². The summed E-state index contributed by atoms with van der Waals surface area (Å²) in [6, 6.07) is 12.4. The zero-order valence-electron chi connectivity index (χ0n) is 20.3. The molecule has 10 heteroatoms. The molecule has 0 radical (unpaired) electrons. The molecule has 34 heavy (non-hydrogen) atoms. The topological polar surface area (TPSA) is 96.0 Å². The Kier molecular flexibility index (Phi) is 8.96. The summed E-state index contributed by atoms with van der Waals surface area (Å²) in [5, 5.41) is 3.32. The average Bonchev–Trinajstić information content (AvgIpc) is 2.74. The molecule has 0 aromatic heterocycles. The van der Waals surface area contributed by atoms with E-state index in [4.69, 9.17) is 16.3 Å². The standard InChI is InChI=1S/C24H32ClN3O5S/c1-17(23(30)26-24(2,3)4)27(15-18-7-13-21(33-5)14-8-18)22(29)16-28(34(6,31)32)20-11-9-19(25)10-12-20/h7-14,17H,15-16H2,1-6H3,(H,26,30). The molecule has 1 atom stereocenters. The SMILES string of the molecule is COc1ccc(CN(C(=O)CN(c2ccc(Cl)cc2)S(C)(=O)=O)C(C)C(=O)NC(C)(C)C)cc1. The number of ether oxygens (including phenoxy) is 1. The van der Waals surface area contributed by atoms with E-state index in [9.17, 15) is 18.0 Å². The molecule has 2 rings (SSSR count). The van der Waals surface area contributed by atoms with Gasteiger partial charge in [0.1, 0.15) is 18.3 Å². The van der Waals surface area contributed by atoms with Crippen LogP contribution in [0.2, 0.25) is 5.02 Å². The summed E-state index contributed by atoms with van der Waals surface area (Å²) in [6.07, 6.45) is 1.03. The lowest BCUT2D eigenvalue weighted by Crippen LogP contribution is -2.54. The van der Waals surface area contributed by atoms with Gasteiger partial charge < -0.3 is 15.0 Å². The molecule has 0 spiro atoms. The fraction of sp³-hybridized carbons (Fsp3) is 0.417. The molecular formula is C24H32ClN3O5S. The van der Waals surface area contributed by atoms with E-state index in [1.807, 2.05) is 20.8 Å². The van der Waals surface area contributed by atoms with Crippen molar-refractivity contribution < 1.29 is 22.7 Å². The summed E-state index contributed by atoms with van der Waals surface area (Å²) in [4.78, 5) is 27.8. The van der Waals surface area contributed by atoms with Gasteiger partial charge in [-0.05, 0) is 69.7 Å². The Hall–Kier alpha value is -2.78. The van der Waals surface area contributed by atoms with Crippen LogP contribution in [-0.2, 0) is 26.2 Å². The smallest absolute Gasteiger partial charge is 0.244 e. The molecule has 2 aromatic carbocycles. The summed E-state index contributed by atoms with van der Waals surface area (Å²) in [7, 11) is -2.23. The number of amides is 2. The van der Waals surface area contributed by atoms with Crippen LogP contribution in [0.5, 0.6) is 5.75 Å². The minimum atomic E-state index is -3.79. The number of benzene rings is 2. The minimum absolute atomic E-state index is 0.111. The van der Waals surface area contributed by atoms with Crippen LogP contribution < -0.4 is 14.4 Å². The Morgan fingerprint density at radius 3 is 2.09 bits per heavy atom. The van der Waals surface area contributed by atoms with Crippen LogP contribution in [0, 0.1) is 0 Å². The molecule has 0 saturated heterocycles. The third kappa shape index (κ3) is 7.92. The molecule has 0 aliphatic carbocycles. The summed E-state index contributed by atoms with van der Waals surface area (Å²) in [6.45, 7) is 6.80. The lowest BCUT2D eigenvalue weighted by atomic mass is 10.1. The zero-order valence-corrected chi connectivity index (χ0v) is 21.9. The molecule has 1 unspecified atom stereocenters. The molecule has 0 saturated carbocycles. The van der Waals surface area contributed by atoms with E-state index in [1.165, 1.54) is 17.0 Å². The number of anilines is 1. The number of nitrogens with zero attached hydrogens (tertiary/aromatic N) is 2. The van der Waals surface area contributed by atoms with Gasteiger partial charge >= 0.3 is 0 Å². The van der Waals surface area contributed by atoms with Gasteiger partial charge in [-0.15, -0.1) is 0 Å². The predicted octanol–water partition coefficient (Wildman–Crippen LogP) is 3.45. The molecule has 1 N–H and O–H groups in total. The summed E-state index contributed by atoms with van der Waals surface area (Å²) < 4.78 is 31.2. The van der Waals surface area contributed by atoms with Gasteiger partial charge in [-0.25, -0.2) is 8.42 Å². The molecule has 0 heterocycles. The monoisotopic (exact) mass is 509 g/mol. The number of rotatable bonds is 9. The van der Waals surface area contributed by atoms with E-state index in [-0.39, 0.29) is 12.5 Å². The third-order valence-electron chi connectivity index (χ3n) is 4.97. The highest BCUT2D eigenvalue weighted by Crippen LogP contribution is 2.22. The van der Waals surface area contributed by atoms with Crippen LogP contribution in [0.4, 0.5) is 5.69 Å². The van der Waals surface area contributed by atoms with Crippen LogP contribution in [0.1, 0.15) is 33.3 Å². The van der Waals surface area contributed by atoms with Gasteiger partial charge in [0.25, 0.3) is 0 Å². The first-order chi connectivity index (χ1) is 15.7. The molecule has 2 aromatic rings. The number of carbonyl (C=O) groups is 2. The lowest BCUT2D eigenvalue weighted by Gasteiger charge is -2.33. The number of hydrogen-bond acceptors (Lipinski definition) is 5. The lowest BCUT2D eigenvalue weighted by molar-refractivity contribution is -0.140. The fourth-order valence-corrected chi connectivity index (χ4v) is 4.18. The third-order valence-corrected chi connectivity index (χ3v) is 6.36. The molecular weight excluding hydrogens is 478 g/mol. The number of nitrogens with one attached hydrogen (secondary N) is 1. The van der Waals surface area contributed by atoms with Gasteiger partial charge in [0, 0.05) is 17.1 Å². The van der Waals surface area contributed by atoms with Gasteiger partial charge in [-0.3, -0.25) is 13.9 Å². The van der Waals surface area contributed by atoms with Crippen LogP contribution >= 0.6 is 11.6 Å². The largest absolute Gasteiger partial charge is 0.497 e. The van der Waals surface area contributed by atoms with Crippen molar-refractivity contribution in [1.82, 2.24) is 10.2 Å². The summed E-state index contributed by atoms with van der Waals surface area (Å²) in [5.74, 6) is -0.203. The molecule has 0 bridgehead atoms. The summed E-state index contributed by atoms with van der Waals surface area (Å²) >= 11 is 5.93. The second-order valence-electron chi connectivity index (χ2n) is 9.03. The molecule has 0 aliphatic rings. The van der Waals surface area contributed by atoms with Crippen molar-refractivity contribution in [2.45, 2.75) is 45.8 Å². The first-order valence-electron chi connectivity index (χ1n) is 10.7. The molecule has 0 aliphatic heterocycles. The van der Waals surface area contributed by atoms with Crippen LogP contribution in [0.15, 0.2) is 48.5 Å². The minimum Gasteiger partial charge on any atom is -0.497 e. The van der Waals surface area contributed by atoms with Gasteiger partial charge in [0.2, 0.25) is 21.8 Å². The fourth-order valence-electron chi connectivity index (χ4n) is 3.21. The van der Waals surface area contributed by atoms with E-state index in [0.717, 1.165) is 16.1 Å². The molecule has 0 fully saturated rings. The number of halogens is 1. The first kappa shape index (κ1) is 27.5. The van der Waals surface area contributed by atoms with Gasteiger partial charge in [0.15, 0.2) is 0 Å². The normalized spacial score (nSPS) is 12.6. The highest BCUT2D eigenvalue weighted by molar-refractivity contribution is 7.92. The number of hydrogen-bond donors (Lipinski definition) is 1. The van der Waals surface area contributed by atoms with Crippen molar-refractivity contribution in [3.8, 4) is 5.75 Å². The quantitative estimate of drug-likeness (QED) is 0.558. The Morgan fingerprint density at radius 2 is 1.62 bits per heavy atom. The Morgan fingerprint density at radius 1 is 1.06 bits per heavy atom. The van der Waals surface area contributed by atoms with E-state index >= 15 is 0 Å².